The molecule has 5 nitrogen and oxygen atoms in total. The Hall–Kier alpha value is -2.86. The van der Waals surface area contributed by atoms with Crippen LogP contribution < -0.4 is 19.7 Å². The van der Waals surface area contributed by atoms with Crippen molar-refractivity contribution >= 4 is 35.0 Å². The van der Waals surface area contributed by atoms with Crippen molar-refractivity contribution in [1.29, 1.82) is 0 Å². The van der Waals surface area contributed by atoms with Crippen LogP contribution >= 0.6 is 12.2 Å². The maximum atomic E-state index is 12.7. The van der Waals surface area contributed by atoms with E-state index in [0.29, 0.717) is 22.3 Å². The number of thiocarbonyl (C=S) groups is 1. The van der Waals surface area contributed by atoms with E-state index in [1.54, 1.807) is 32.4 Å². The molecule has 0 saturated carbocycles. The number of rotatable bonds is 4. The second-order valence-electron chi connectivity index (χ2n) is 5.08. The van der Waals surface area contributed by atoms with Gasteiger partial charge in [-0.1, -0.05) is 24.3 Å². The van der Waals surface area contributed by atoms with E-state index in [9.17, 15) is 4.79 Å². The van der Waals surface area contributed by atoms with Crippen molar-refractivity contribution in [1.82, 2.24) is 5.32 Å². The Morgan fingerprint density at radius 2 is 1.75 bits per heavy atom. The first-order valence-electron chi connectivity index (χ1n) is 7.28. The summed E-state index contributed by atoms with van der Waals surface area (Å²) >= 11 is 5.29. The molecule has 6 heteroatoms. The molecule has 1 saturated heterocycles. The van der Waals surface area contributed by atoms with Crippen LogP contribution in [0, 0.1) is 0 Å². The van der Waals surface area contributed by atoms with E-state index in [0.717, 1.165) is 11.3 Å². The second kappa shape index (κ2) is 6.72. The third-order valence-corrected chi connectivity index (χ3v) is 3.90. The highest BCUT2D eigenvalue weighted by atomic mass is 32.1. The monoisotopic (exact) mass is 340 g/mol. The lowest BCUT2D eigenvalue weighted by molar-refractivity contribution is -0.113. The molecule has 0 bridgehead atoms. The first-order chi connectivity index (χ1) is 11.6. The van der Waals surface area contributed by atoms with Gasteiger partial charge in [0.1, 0.15) is 5.70 Å². The number of nitrogens with zero attached hydrogens (tertiary/aromatic N) is 1. The molecule has 1 N–H and O–H groups in total. The molecule has 2 aromatic carbocycles. The van der Waals surface area contributed by atoms with Gasteiger partial charge in [0.05, 0.1) is 19.9 Å². The minimum atomic E-state index is -0.194. The Kier molecular flexibility index (Phi) is 4.48. The Labute approximate surface area is 145 Å². The van der Waals surface area contributed by atoms with Crippen molar-refractivity contribution in [3.63, 3.8) is 0 Å². The molecule has 24 heavy (non-hydrogen) atoms. The van der Waals surface area contributed by atoms with Gasteiger partial charge in [0.2, 0.25) is 0 Å². The normalized spacial score (nSPS) is 15.6. The highest BCUT2D eigenvalue weighted by Gasteiger charge is 2.31. The van der Waals surface area contributed by atoms with Gasteiger partial charge in [-0.3, -0.25) is 9.69 Å². The van der Waals surface area contributed by atoms with Crippen LogP contribution in [0.4, 0.5) is 5.69 Å². The van der Waals surface area contributed by atoms with E-state index in [1.807, 2.05) is 36.4 Å². The lowest BCUT2D eigenvalue weighted by Gasteiger charge is -2.13. The maximum Gasteiger partial charge on any atom is 0.281 e. The summed E-state index contributed by atoms with van der Waals surface area (Å²) in [7, 11) is 3.15. The van der Waals surface area contributed by atoms with Crippen LogP contribution in [0.5, 0.6) is 11.5 Å². The molecular formula is C18H16N2O3S. The SMILES string of the molecule is COc1ccc(/C=C2\NC(=S)N(c3ccccc3)C2=O)cc1OC. The fourth-order valence-corrected chi connectivity index (χ4v) is 2.75. The lowest BCUT2D eigenvalue weighted by atomic mass is 10.1. The summed E-state index contributed by atoms with van der Waals surface area (Å²) in [6.45, 7) is 0. The fraction of sp³-hybridized carbons (Fsp3) is 0.111. The molecule has 1 aliphatic heterocycles. The van der Waals surface area contributed by atoms with Gasteiger partial charge >= 0.3 is 0 Å². The number of carbonyl (C=O) groups excluding carboxylic acids is 1. The molecular weight excluding hydrogens is 324 g/mol. The molecule has 1 heterocycles. The number of anilines is 1. The summed E-state index contributed by atoms with van der Waals surface area (Å²) in [6.07, 6.45) is 1.74. The van der Waals surface area contributed by atoms with E-state index in [4.69, 9.17) is 21.7 Å². The fourth-order valence-electron chi connectivity index (χ4n) is 2.46. The highest BCUT2D eigenvalue weighted by molar-refractivity contribution is 7.80. The van der Waals surface area contributed by atoms with E-state index in [-0.39, 0.29) is 5.91 Å². The van der Waals surface area contributed by atoms with Gasteiger partial charge in [-0.05, 0) is 48.1 Å². The van der Waals surface area contributed by atoms with Crippen LogP contribution in [0.3, 0.4) is 0 Å². The molecule has 3 rings (SSSR count). The number of carbonyl (C=O) groups is 1. The van der Waals surface area contributed by atoms with Crippen LogP contribution in [0.25, 0.3) is 6.08 Å². The molecule has 0 radical (unpaired) electrons. The largest absolute Gasteiger partial charge is 0.493 e. The minimum Gasteiger partial charge on any atom is -0.493 e. The number of methoxy groups -OCH3 is 2. The van der Waals surface area contributed by atoms with Crippen molar-refractivity contribution in [3.8, 4) is 11.5 Å². The third-order valence-electron chi connectivity index (χ3n) is 3.61. The molecule has 0 aromatic heterocycles. The van der Waals surface area contributed by atoms with Crippen LogP contribution in [0.15, 0.2) is 54.2 Å². The molecule has 0 aliphatic carbocycles. The number of para-hydroxylation sites is 1. The molecule has 1 fully saturated rings. The van der Waals surface area contributed by atoms with E-state index in [2.05, 4.69) is 5.32 Å². The van der Waals surface area contributed by atoms with Crippen LogP contribution in [0.2, 0.25) is 0 Å². The van der Waals surface area contributed by atoms with Crippen LogP contribution in [-0.4, -0.2) is 25.2 Å². The Morgan fingerprint density at radius 3 is 2.42 bits per heavy atom. The molecule has 122 valence electrons. The van der Waals surface area contributed by atoms with Gasteiger partial charge in [-0.25, -0.2) is 0 Å². The summed E-state index contributed by atoms with van der Waals surface area (Å²) in [5.41, 5.74) is 1.95. The van der Waals surface area contributed by atoms with Gasteiger partial charge < -0.3 is 14.8 Å². The number of hydrogen-bond donors (Lipinski definition) is 1. The molecule has 0 unspecified atom stereocenters. The van der Waals surface area contributed by atoms with Gasteiger partial charge in [0, 0.05) is 0 Å². The van der Waals surface area contributed by atoms with Gasteiger partial charge in [0.25, 0.3) is 5.91 Å². The lowest BCUT2D eigenvalue weighted by Crippen LogP contribution is -2.30. The first kappa shape index (κ1) is 16.0. The van der Waals surface area contributed by atoms with Crippen LogP contribution in [-0.2, 0) is 4.79 Å². The third kappa shape index (κ3) is 2.96. The average Bonchev–Trinajstić information content (AvgIpc) is 2.89. The first-order valence-corrected chi connectivity index (χ1v) is 7.69. The van der Waals surface area contributed by atoms with Crippen molar-refractivity contribution in [2.24, 2.45) is 0 Å². The number of nitrogens with one attached hydrogen (secondary N) is 1. The van der Waals surface area contributed by atoms with E-state index in [1.165, 1.54) is 4.90 Å². The van der Waals surface area contributed by atoms with Crippen molar-refractivity contribution in [3.05, 3.63) is 59.8 Å². The molecule has 1 aliphatic rings. The Balaban J connectivity index is 1.92. The van der Waals surface area contributed by atoms with Crippen molar-refractivity contribution in [2.45, 2.75) is 0 Å². The van der Waals surface area contributed by atoms with Crippen LogP contribution in [0.1, 0.15) is 5.56 Å². The molecule has 1 amide bonds. The zero-order valence-corrected chi connectivity index (χ0v) is 14.1. The molecule has 2 aromatic rings. The quantitative estimate of drug-likeness (QED) is 0.685. The summed E-state index contributed by atoms with van der Waals surface area (Å²) in [6, 6.07) is 14.7. The standard InChI is InChI=1S/C18H16N2O3S/c1-22-15-9-8-12(11-16(15)23-2)10-14-17(21)20(18(24)19-14)13-6-4-3-5-7-13/h3-11H,1-2H3,(H,19,24)/b14-10-. The number of benzene rings is 2. The van der Waals surface area contributed by atoms with Gasteiger partial charge in [-0.2, -0.15) is 0 Å². The minimum absolute atomic E-state index is 0.194. The highest BCUT2D eigenvalue weighted by Crippen LogP contribution is 2.29. The van der Waals surface area contributed by atoms with E-state index < -0.39 is 0 Å². The van der Waals surface area contributed by atoms with Crippen molar-refractivity contribution < 1.29 is 14.3 Å². The number of hydrogen-bond acceptors (Lipinski definition) is 4. The predicted molar refractivity (Wildman–Crippen MR) is 97.2 cm³/mol. The predicted octanol–water partition coefficient (Wildman–Crippen LogP) is 2.97. The second-order valence-corrected chi connectivity index (χ2v) is 5.47. The average molecular weight is 340 g/mol. The summed E-state index contributed by atoms with van der Waals surface area (Å²) in [5.74, 6) is 1.03. The van der Waals surface area contributed by atoms with Gasteiger partial charge in [-0.15, -0.1) is 0 Å². The summed E-state index contributed by atoms with van der Waals surface area (Å²) in [5, 5.41) is 3.32. The summed E-state index contributed by atoms with van der Waals surface area (Å²) < 4.78 is 10.5. The topological polar surface area (TPSA) is 50.8 Å². The molecule has 0 spiro atoms. The Bertz CT molecular complexity index is 818. The smallest absolute Gasteiger partial charge is 0.281 e. The van der Waals surface area contributed by atoms with Gasteiger partial charge in [0.15, 0.2) is 16.6 Å². The zero-order chi connectivity index (χ0) is 17.1. The van der Waals surface area contributed by atoms with Crippen molar-refractivity contribution in [2.75, 3.05) is 19.1 Å². The number of amides is 1. The maximum absolute atomic E-state index is 12.7. The number of ether oxygens (including phenoxy) is 2. The zero-order valence-electron chi connectivity index (χ0n) is 13.3. The Morgan fingerprint density at radius 1 is 1.04 bits per heavy atom. The van der Waals surface area contributed by atoms with E-state index >= 15 is 0 Å². The summed E-state index contributed by atoms with van der Waals surface area (Å²) in [4.78, 5) is 14.1. The molecule has 0 atom stereocenters.